The van der Waals surface area contributed by atoms with E-state index >= 15 is 0 Å². The van der Waals surface area contributed by atoms with Crippen LogP contribution in [0.25, 0.3) is 0 Å². The van der Waals surface area contributed by atoms with E-state index in [4.69, 9.17) is 16.2 Å². The fourth-order valence-electron chi connectivity index (χ4n) is 1.57. The molecule has 4 N–H and O–H groups in total. The summed E-state index contributed by atoms with van der Waals surface area (Å²) in [4.78, 5) is 11.5. The van der Waals surface area contributed by atoms with Crippen molar-refractivity contribution in [3.8, 4) is 0 Å². The molecule has 0 aromatic rings. The van der Waals surface area contributed by atoms with Gasteiger partial charge in [0.25, 0.3) is 0 Å². The number of nitrogens with zero attached hydrogens (tertiary/aromatic N) is 2. The molecular weight excluding hydrogens is 196 g/mol. The largest absolute Gasteiger partial charge is 0.465 e. The maximum atomic E-state index is 11.5. The van der Waals surface area contributed by atoms with E-state index in [0.29, 0.717) is 12.3 Å². The molecule has 15 heavy (non-hydrogen) atoms. The lowest BCUT2D eigenvalue weighted by Crippen LogP contribution is -2.24. The summed E-state index contributed by atoms with van der Waals surface area (Å²) in [5.41, 5.74) is 11.0. The van der Waals surface area contributed by atoms with E-state index in [0.717, 1.165) is 19.3 Å². The molecule has 1 aliphatic rings. The predicted octanol–water partition coefficient (Wildman–Crippen LogP) is -0.0210. The highest BCUT2D eigenvalue weighted by Crippen LogP contribution is 2.24. The molecule has 0 aromatic heterocycles. The molecule has 0 heterocycles. The summed E-state index contributed by atoms with van der Waals surface area (Å²) in [5.74, 6) is -0.607. The molecule has 84 valence electrons. The van der Waals surface area contributed by atoms with Crippen LogP contribution in [0.3, 0.4) is 0 Å². The first-order valence-corrected chi connectivity index (χ1v) is 4.97. The van der Waals surface area contributed by atoms with Gasteiger partial charge in [-0.15, -0.1) is 5.10 Å². The van der Waals surface area contributed by atoms with Crippen LogP contribution in [-0.2, 0) is 9.53 Å². The van der Waals surface area contributed by atoms with E-state index in [-0.39, 0.29) is 17.8 Å². The number of esters is 1. The van der Waals surface area contributed by atoms with E-state index in [1.807, 2.05) is 0 Å². The van der Waals surface area contributed by atoms with Gasteiger partial charge in [0, 0.05) is 0 Å². The molecule has 1 saturated carbocycles. The van der Waals surface area contributed by atoms with Crippen molar-refractivity contribution in [2.75, 3.05) is 6.61 Å². The van der Waals surface area contributed by atoms with Crippen molar-refractivity contribution in [3.63, 3.8) is 0 Å². The van der Waals surface area contributed by atoms with Crippen LogP contribution in [0.15, 0.2) is 10.2 Å². The number of ether oxygens (including phenoxy) is 1. The lowest BCUT2D eigenvalue weighted by Gasteiger charge is -2.08. The molecule has 0 spiro atoms. The smallest absolute Gasteiger partial charge is 0.314 e. The molecule has 1 fully saturated rings. The molecule has 6 heteroatoms. The van der Waals surface area contributed by atoms with Gasteiger partial charge in [0.1, 0.15) is 0 Å². The second kappa shape index (κ2) is 5.33. The minimum absolute atomic E-state index is 0.1000. The first-order chi connectivity index (χ1) is 7.15. The van der Waals surface area contributed by atoms with Crippen LogP contribution >= 0.6 is 0 Å². The van der Waals surface area contributed by atoms with Crippen molar-refractivity contribution < 1.29 is 9.53 Å². The molecule has 1 rings (SSSR count). The number of nitrogens with two attached hydrogens (primary N) is 2. The Hall–Kier alpha value is -1.59. The van der Waals surface area contributed by atoms with E-state index in [1.54, 1.807) is 6.92 Å². The number of carbonyl (C=O) groups excluding carboxylic acids is 1. The van der Waals surface area contributed by atoms with Crippen LogP contribution in [0.5, 0.6) is 0 Å². The van der Waals surface area contributed by atoms with Gasteiger partial charge in [0.2, 0.25) is 5.96 Å². The van der Waals surface area contributed by atoms with Crippen LogP contribution in [0, 0.1) is 5.92 Å². The van der Waals surface area contributed by atoms with Crippen LogP contribution in [0.1, 0.15) is 26.2 Å². The van der Waals surface area contributed by atoms with E-state index < -0.39 is 0 Å². The second-order valence-corrected chi connectivity index (χ2v) is 3.31. The Kier molecular flexibility index (Phi) is 4.08. The van der Waals surface area contributed by atoms with Crippen molar-refractivity contribution in [1.82, 2.24) is 0 Å². The summed E-state index contributed by atoms with van der Waals surface area (Å²) in [5, 5.41) is 7.41. The van der Waals surface area contributed by atoms with Gasteiger partial charge in [-0.2, -0.15) is 5.10 Å². The summed E-state index contributed by atoms with van der Waals surface area (Å²) in [6.45, 7) is 2.16. The molecule has 1 atom stereocenters. The first kappa shape index (κ1) is 11.5. The van der Waals surface area contributed by atoms with Gasteiger partial charge in [0.05, 0.1) is 18.2 Å². The number of carbonyl (C=O) groups is 1. The van der Waals surface area contributed by atoms with Gasteiger partial charge in [-0.05, 0) is 26.2 Å². The van der Waals surface area contributed by atoms with Crippen LogP contribution in [0.2, 0.25) is 0 Å². The Morgan fingerprint density at radius 1 is 1.60 bits per heavy atom. The molecule has 0 bridgehead atoms. The van der Waals surface area contributed by atoms with Crippen LogP contribution in [-0.4, -0.2) is 24.2 Å². The van der Waals surface area contributed by atoms with Crippen LogP contribution < -0.4 is 11.5 Å². The fourth-order valence-corrected chi connectivity index (χ4v) is 1.57. The molecule has 0 aromatic carbocycles. The Labute approximate surface area is 88.4 Å². The predicted molar refractivity (Wildman–Crippen MR) is 57.2 cm³/mol. The number of rotatable bonds is 3. The fraction of sp³-hybridized carbons (Fsp3) is 0.667. The molecule has 0 unspecified atom stereocenters. The molecular formula is C9H16N4O2. The zero-order valence-corrected chi connectivity index (χ0v) is 8.77. The summed E-state index contributed by atoms with van der Waals surface area (Å²) < 4.78 is 4.93. The second-order valence-electron chi connectivity index (χ2n) is 3.31. The lowest BCUT2D eigenvalue weighted by molar-refractivity contribution is -0.145. The monoisotopic (exact) mass is 212 g/mol. The summed E-state index contributed by atoms with van der Waals surface area (Å²) >= 11 is 0. The maximum Gasteiger partial charge on any atom is 0.314 e. The van der Waals surface area contributed by atoms with Crippen LogP contribution in [0.4, 0.5) is 0 Å². The quantitative estimate of drug-likeness (QED) is 0.297. The van der Waals surface area contributed by atoms with Crippen molar-refractivity contribution in [3.05, 3.63) is 0 Å². The van der Waals surface area contributed by atoms with Crippen molar-refractivity contribution in [2.24, 2.45) is 27.6 Å². The molecule has 0 saturated heterocycles. The first-order valence-electron chi connectivity index (χ1n) is 4.97. The summed E-state index contributed by atoms with van der Waals surface area (Å²) in [7, 11) is 0. The van der Waals surface area contributed by atoms with E-state index in [9.17, 15) is 4.79 Å². The van der Waals surface area contributed by atoms with Crippen molar-refractivity contribution >= 4 is 17.6 Å². The third-order valence-corrected chi connectivity index (χ3v) is 2.19. The normalized spacial score (nSPS) is 22.7. The lowest BCUT2D eigenvalue weighted by atomic mass is 10.1. The molecule has 6 nitrogen and oxygen atoms in total. The Morgan fingerprint density at radius 2 is 2.33 bits per heavy atom. The third-order valence-electron chi connectivity index (χ3n) is 2.19. The van der Waals surface area contributed by atoms with Gasteiger partial charge in [0.15, 0.2) is 0 Å². The van der Waals surface area contributed by atoms with E-state index in [2.05, 4.69) is 10.2 Å². The molecule has 1 aliphatic carbocycles. The average Bonchev–Trinajstić information content (AvgIpc) is 2.62. The number of hydrogen-bond acceptors (Lipinski definition) is 4. The summed E-state index contributed by atoms with van der Waals surface area (Å²) in [6, 6.07) is 0. The average molecular weight is 212 g/mol. The Bertz CT molecular complexity index is 294. The maximum absolute atomic E-state index is 11.5. The Morgan fingerprint density at radius 3 is 2.93 bits per heavy atom. The van der Waals surface area contributed by atoms with Gasteiger partial charge in [-0.1, -0.05) is 0 Å². The highest BCUT2D eigenvalue weighted by Gasteiger charge is 2.30. The third kappa shape index (κ3) is 3.23. The highest BCUT2D eigenvalue weighted by molar-refractivity contribution is 6.03. The van der Waals surface area contributed by atoms with Gasteiger partial charge in [-0.25, -0.2) is 0 Å². The molecule has 0 radical (unpaired) electrons. The molecule has 0 aliphatic heterocycles. The van der Waals surface area contributed by atoms with Crippen molar-refractivity contribution in [1.29, 1.82) is 0 Å². The zero-order valence-electron chi connectivity index (χ0n) is 8.77. The minimum Gasteiger partial charge on any atom is -0.465 e. The SMILES string of the molecule is CCOC(=O)[C@@H]1CCC/C1=N\N=C(N)N. The van der Waals surface area contributed by atoms with Crippen molar-refractivity contribution in [2.45, 2.75) is 26.2 Å². The Balaban J connectivity index is 2.68. The molecule has 0 amide bonds. The standard InChI is InChI=1S/C9H16N4O2/c1-2-15-8(14)6-4-3-5-7(6)12-13-9(10)11/h6H,2-5H2,1H3,(H4,10,11,13)/b12-7+/t6-/m1/s1. The highest BCUT2D eigenvalue weighted by atomic mass is 16.5. The van der Waals surface area contributed by atoms with Gasteiger partial charge >= 0.3 is 5.97 Å². The van der Waals surface area contributed by atoms with E-state index in [1.165, 1.54) is 0 Å². The zero-order chi connectivity index (χ0) is 11.3. The summed E-state index contributed by atoms with van der Waals surface area (Å²) in [6.07, 6.45) is 2.43. The number of guanidine groups is 1. The minimum atomic E-state index is -0.270. The number of hydrogen-bond donors (Lipinski definition) is 2. The van der Waals surface area contributed by atoms with Gasteiger partial charge < -0.3 is 16.2 Å². The van der Waals surface area contributed by atoms with Gasteiger partial charge in [-0.3, -0.25) is 4.79 Å². The topological polar surface area (TPSA) is 103 Å².